The Morgan fingerprint density at radius 2 is 2.29 bits per heavy atom. The van der Waals surface area contributed by atoms with E-state index in [2.05, 4.69) is 15.9 Å². The molecule has 1 aromatic carbocycles. The lowest BCUT2D eigenvalue weighted by Crippen LogP contribution is -2.10. The van der Waals surface area contributed by atoms with Crippen LogP contribution in [0, 0.1) is 0 Å². The van der Waals surface area contributed by atoms with E-state index in [0.717, 1.165) is 15.8 Å². The number of aliphatic hydroxyl groups excluding tert-OH is 1. The van der Waals surface area contributed by atoms with Crippen LogP contribution in [0.3, 0.4) is 0 Å². The lowest BCUT2D eigenvalue weighted by Gasteiger charge is -2.13. The van der Waals surface area contributed by atoms with E-state index in [1.165, 1.54) is 0 Å². The average Bonchev–Trinajstić information content (AvgIpc) is 2.15. The Kier molecular flexibility index (Phi) is 4.38. The van der Waals surface area contributed by atoms with Gasteiger partial charge in [0, 0.05) is 16.1 Å². The molecule has 0 radical (unpaired) electrons. The quantitative estimate of drug-likeness (QED) is 0.868. The van der Waals surface area contributed by atoms with Gasteiger partial charge in [0.1, 0.15) is 12.4 Å². The van der Waals surface area contributed by atoms with E-state index >= 15 is 0 Å². The Balaban J connectivity index is 2.90. The Bertz CT molecular complexity index is 302. The highest BCUT2D eigenvalue weighted by Crippen LogP contribution is 2.27. The minimum absolute atomic E-state index is 0.00839. The molecule has 0 aliphatic rings. The molecular formula is C10H14BrNO2. The summed E-state index contributed by atoms with van der Waals surface area (Å²) in [6.45, 7) is 2.20. The van der Waals surface area contributed by atoms with E-state index in [4.69, 9.17) is 15.6 Å². The molecule has 4 heteroatoms. The van der Waals surface area contributed by atoms with Gasteiger partial charge >= 0.3 is 0 Å². The minimum atomic E-state index is -0.0822. The van der Waals surface area contributed by atoms with Crippen molar-refractivity contribution in [1.29, 1.82) is 0 Å². The van der Waals surface area contributed by atoms with Gasteiger partial charge in [0.15, 0.2) is 0 Å². The molecule has 0 saturated carbocycles. The molecule has 1 rings (SSSR count). The zero-order valence-corrected chi connectivity index (χ0v) is 9.62. The highest BCUT2D eigenvalue weighted by atomic mass is 79.9. The summed E-state index contributed by atoms with van der Waals surface area (Å²) in [7, 11) is 0. The fourth-order valence-corrected chi connectivity index (χ4v) is 1.54. The van der Waals surface area contributed by atoms with E-state index in [-0.39, 0.29) is 12.6 Å². The largest absolute Gasteiger partial charge is 0.491 e. The Morgan fingerprint density at radius 3 is 2.86 bits per heavy atom. The smallest absolute Gasteiger partial charge is 0.124 e. The van der Waals surface area contributed by atoms with Gasteiger partial charge in [-0.15, -0.1) is 0 Å². The first kappa shape index (κ1) is 11.5. The van der Waals surface area contributed by atoms with Crippen molar-refractivity contribution >= 4 is 15.9 Å². The molecule has 0 aromatic heterocycles. The normalized spacial score (nSPS) is 12.6. The molecule has 0 heterocycles. The second kappa shape index (κ2) is 5.34. The third-order valence-electron chi connectivity index (χ3n) is 1.81. The van der Waals surface area contributed by atoms with Crippen molar-refractivity contribution in [1.82, 2.24) is 0 Å². The van der Waals surface area contributed by atoms with E-state index in [9.17, 15) is 0 Å². The predicted octanol–water partition coefficient (Wildman–Crippen LogP) is 1.84. The van der Waals surface area contributed by atoms with Gasteiger partial charge in [0.2, 0.25) is 0 Å². The molecular weight excluding hydrogens is 246 g/mol. The molecule has 78 valence electrons. The number of rotatable bonds is 4. The maximum absolute atomic E-state index is 8.65. The summed E-state index contributed by atoms with van der Waals surface area (Å²) in [4.78, 5) is 0. The van der Waals surface area contributed by atoms with Gasteiger partial charge in [0.05, 0.1) is 6.61 Å². The zero-order chi connectivity index (χ0) is 10.6. The topological polar surface area (TPSA) is 55.5 Å². The lowest BCUT2D eigenvalue weighted by atomic mass is 10.1. The van der Waals surface area contributed by atoms with Crippen LogP contribution in [0.4, 0.5) is 0 Å². The number of nitrogens with two attached hydrogens (primary N) is 1. The Morgan fingerprint density at radius 1 is 1.57 bits per heavy atom. The van der Waals surface area contributed by atoms with E-state index in [1.54, 1.807) is 0 Å². The summed E-state index contributed by atoms with van der Waals surface area (Å²) in [5.74, 6) is 0.734. The molecule has 1 atom stereocenters. The molecule has 3 nitrogen and oxygen atoms in total. The van der Waals surface area contributed by atoms with E-state index < -0.39 is 0 Å². The van der Waals surface area contributed by atoms with Crippen molar-refractivity contribution in [3.8, 4) is 5.75 Å². The second-order valence-electron chi connectivity index (χ2n) is 3.04. The molecule has 0 unspecified atom stereocenters. The zero-order valence-electron chi connectivity index (χ0n) is 8.03. The number of aliphatic hydroxyl groups is 1. The first-order valence-electron chi connectivity index (χ1n) is 4.44. The number of benzene rings is 1. The van der Waals surface area contributed by atoms with Crippen molar-refractivity contribution in [2.24, 2.45) is 5.73 Å². The number of hydrogen-bond donors (Lipinski definition) is 2. The maximum Gasteiger partial charge on any atom is 0.124 e. The van der Waals surface area contributed by atoms with Gasteiger partial charge in [0.25, 0.3) is 0 Å². The average molecular weight is 260 g/mol. The summed E-state index contributed by atoms with van der Waals surface area (Å²) in [6, 6.07) is 5.58. The van der Waals surface area contributed by atoms with Crippen LogP contribution < -0.4 is 10.5 Å². The van der Waals surface area contributed by atoms with Crippen molar-refractivity contribution in [3.05, 3.63) is 28.2 Å². The van der Waals surface area contributed by atoms with Crippen LogP contribution in [-0.2, 0) is 0 Å². The third-order valence-corrected chi connectivity index (χ3v) is 2.30. The SMILES string of the molecule is C[C@@H](N)c1cc(Br)ccc1OCCO. The minimum Gasteiger partial charge on any atom is -0.491 e. The van der Waals surface area contributed by atoms with Crippen LogP contribution in [0.1, 0.15) is 18.5 Å². The van der Waals surface area contributed by atoms with Gasteiger partial charge in [-0.3, -0.25) is 0 Å². The van der Waals surface area contributed by atoms with Gasteiger partial charge in [-0.25, -0.2) is 0 Å². The fraction of sp³-hybridized carbons (Fsp3) is 0.400. The second-order valence-corrected chi connectivity index (χ2v) is 3.96. The van der Waals surface area contributed by atoms with Crippen LogP contribution in [-0.4, -0.2) is 18.3 Å². The lowest BCUT2D eigenvalue weighted by molar-refractivity contribution is 0.200. The molecule has 0 fully saturated rings. The molecule has 0 spiro atoms. The molecule has 0 aliphatic carbocycles. The van der Waals surface area contributed by atoms with Crippen molar-refractivity contribution < 1.29 is 9.84 Å². The molecule has 0 amide bonds. The standard InChI is InChI=1S/C10H14BrNO2/c1-7(12)9-6-8(11)2-3-10(9)14-5-4-13/h2-3,6-7,13H,4-5,12H2,1H3/t7-/m1/s1. The first-order valence-corrected chi connectivity index (χ1v) is 5.23. The van der Waals surface area contributed by atoms with Gasteiger partial charge in [-0.05, 0) is 25.1 Å². The van der Waals surface area contributed by atoms with Crippen LogP contribution in [0.15, 0.2) is 22.7 Å². The highest BCUT2D eigenvalue weighted by Gasteiger charge is 2.08. The van der Waals surface area contributed by atoms with Crippen LogP contribution in [0.2, 0.25) is 0 Å². The number of ether oxygens (including phenoxy) is 1. The Hall–Kier alpha value is -0.580. The molecule has 0 aliphatic heterocycles. The third kappa shape index (κ3) is 2.97. The number of hydrogen-bond acceptors (Lipinski definition) is 3. The predicted molar refractivity (Wildman–Crippen MR) is 59.3 cm³/mol. The molecule has 0 saturated heterocycles. The fourth-order valence-electron chi connectivity index (χ4n) is 1.16. The summed E-state index contributed by atoms with van der Waals surface area (Å²) < 4.78 is 6.33. The summed E-state index contributed by atoms with van der Waals surface area (Å²) in [5, 5.41) is 8.65. The molecule has 1 aromatic rings. The van der Waals surface area contributed by atoms with E-state index in [1.807, 2.05) is 25.1 Å². The maximum atomic E-state index is 8.65. The van der Waals surface area contributed by atoms with Crippen molar-refractivity contribution in [3.63, 3.8) is 0 Å². The van der Waals surface area contributed by atoms with Crippen molar-refractivity contribution in [2.75, 3.05) is 13.2 Å². The van der Waals surface area contributed by atoms with Gasteiger partial charge in [-0.2, -0.15) is 0 Å². The van der Waals surface area contributed by atoms with E-state index in [0.29, 0.717) is 6.61 Å². The molecule has 0 bridgehead atoms. The molecule has 3 N–H and O–H groups in total. The van der Waals surface area contributed by atoms with Crippen LogP contribution in [0.25, 0.3) is 0 Å². The first-order chi connectivity index (χ1) is 6.65. The van der Waals surface area contributed by atoms with Crippen molar-refractivity contribution in [2.45, 2.75) is 13.0 Å². The summed E-state index contributed by atoms with van der Waals surface area (Å²) >= 11 is 3.37. The van der Waals surface area contributed by atoms with Crippen LogP contribution in [0.5, 0.6) is 5.75 Å². The summed E-state index contributed by atoms with van der Waals surface area (Å²) in [5.41, 5.74) is 6.73. The van der Waals surface area contributed by atoms with Crippen LogP contribution >= 0.6 is 15.9 Å². The highest BCUT2D eigenvalue weighted by molar-refractivity contribution is 9.10. The van der Waals surface area contributed by atoms with Gasteiger partial charge in [-0.1, -0.05) is 15.9 Å². The number of halogens is 1. The molecule has 14 heavy (non-hydrogen) atoms. The Labute approximate surface area is 92.0 Å². The summed E-state index contributed by atoms with van der Waals surface area (Å²) in [6.07, 6.45) is 0. The monoisotopic (exact) mass is 259 g/mol. The van der Waals surface area contributed by atoms with Gasteiger partial charge < -0.3 is 15.6 Å².